The molecule has 0 aromatic rings. The van der Waals surface area contributed by atoms with E-state index in [1.807, 2.05) is 11.8 Å². The molecule has 1 heterocycles. The molecule has 0 saturated carbocycles. The topological polar surface area (TPSA) is 60.9 Å². The van der Waals surface area contributed by atoms with E-state index in [9.17, 15) is 22.8 Å². The normalized spacial score (nSPS) is 20.1. The van der Waals surface area contributed by atoms with Crippen molar-refractivity contribution in [1.29, 1.82) is 0 Å². The average molecular weight is 296 g/mol. The minimum Gasteiger partial charge on any atom is -0.481 e. The third kappa shape index (κ3) is 4.66. The van der Waals surface area contributed by atoms with Crippen molar-refractivity contribution in [2.45, 2.75) is 38.4 Å². The number of alkyl halides is 3. The van der Waals surface area contributed by atoms with E-state index in [1.165, 1.54) is 0 Å². The summed E-state index contributed by atoms with van der Waals surface area (Å²) in [5.41, 5.74) is 0. The van der Waals surface area contributed by atoms with Crippen LogP contribution in [0.5, 0.6) is 0 Å². The SMILES string of the molecule is CCN1CCCC1CN(CCC(=O)O)C(=O)C(F)(F)F. The van der Waals surface area contributed by atoms with Crippen LogP contribution in [0.4, 0.5) is 13.2 Å². The Morgan fingerprint density at radius 3 is 2.55 bits per heavy atom. The molecule has 116 valence electrons. The molecule has 1 N–H and O–H groups in total. The van der Waals surface area contributed by atoms with E-state index < -0.39 is 31.0 Å². The second-order valence-electron chi connectivity index (χ2n) is 4.82. The maximum atomic E-state index is 12.5. The zero-order valence-corrected chi connectivity index (χ0v) is 11.3. The van der Waals surface area contributed by atoms with E-state index in [1.54, 1.807) is 0 Å². The van der Waals surface area contributed by atoms with Crippen LogP contribution < -0.4 is 0 Å². The first-order chi connectivity index (χ1) is 9.25. The van der Waals surface area contributed by atoms with Gasteiger partial charge in [0, 0.05) is 19.1 Å². The van der Waals surface area contributed by atoms with Crippen LogP contribution in [0.15, 0.2) is 0 Å². The lowest BCUT2D eigenvalue weighted by atomic mass is 10.2. The van der Waals surface area contributed by atoms with Crippen LogP contribution >= 0.6 is 0 Å². The summed E-state index contributed by atoms with van der Waals surface area (Å²) in [6, 6.07) is -0.125. The molecule has 0 aliphatic carbocycles. The Morgan fingerprint density at radius 2 is 2.05 bits per heavy atom. The number of likely N-dealkylation sites (tertiary alicyclic amines) is 1. The van der Waals surface area contributed by atoms with Gasteiger partial charge in [0.15, 0.2) is 0 Å². The summed E-state index contributed by atoms with van der Waals surface area (Å²) in [6.45, 7) is 2.93. The molecule has 0 bridgehead atoms. The molecule has 1 aliphatic rings. The van der Waals surface area contributed by atoms with Crippen molar-refractivity contribution in [2.75, 3.05) is 26.2 Å². The molecule has 1 saturated heterocycles. The van der Waals surface area contributed by atoms with E-state index in [-0.39, 0.29) is 12.6 Å². The quantitative estimate of drug-likeness (QED) is 0.803. The Bertz CT molecular complexity index is 360. The first-order valence-corrected chi connectivity index (χ1v) is 6.57. The molecule has 1 rings (SSSR count). The number of amides is 1. The van der Waals surface area contributed by atoms with Crippen LogP contribution in [0.25, 0.3) is 0 Å². The lowest BCUT2D eigenvalue weighted by molar-refractivity contribution is -0.186. The zero-order valence-electron chi connectivity index (χ0n) is 11.3. The minimum atomic E-state index is -4.96. The average Bonchev–Trinajstić information content (AvgIpc) is 2.79. The van der Waals surface area contributed by atoms with Gasteiger partial charge in [-0.25, -0.2) is 0 Å². The Kier molecular flexibility index (Phi) is 5.79. The molecule has 1 aliphatic heterocycles. The van der Waals surface area contributed by atoms with Gasteiger partial charge < -0.3 is 10.0 Å². The third-order valence-corrected chi connectivity index (χ3v) is 3.46. The number of aliphatic carboxylic acids is 1. The first-order valence-electron chi connectivity index (χ1n) is 6.57. The first kappa shape index (κ1) is 16.7. The summed E-state index contributed by atoms with van der Waals surface area (Å²) in [5.74, 6) is -3.18. The third-order valence-electron chi connectivity index (χ3n) is 3.46. The minimum absolute atomic E-state index is 0.0700. The van der Waals surface area contributed by atoms with Gasteiger partial charge in [0.05, 0.1) is 6.42 Å². The van der Waals surface area contributed by atoms with Gasteiger partial charge in [-0.3, -0.25) is 14.5 Å². The fourth-order valence-electron chi connectivity index (χ4n) is 2.46. The van der Waals surface area contributed by atoms with E-state index in [4.69, 9.17) is 5.11 Å². The van der Waals surface area contributed by atoms with Crippen LogP contribution in [-0.2, 0) is 9.59 Å². The summed E-state index contributed by atoms with van der Waals surface area (Å²) in [7, 11) is 0. The van der Waals surface area contributed by atoms with Crippen molar-refractivity contribution >= 4 is 11.9 Å². The second kappa shape index (κ2) is 6.92. The number of carbonyl (C=O) groups excluding carboxylic acids is 1. The Hall–Kier alpha value is -1.31. The summed E-state index contributed by atoms with van der Waals surface area (Å²) < 4.78 is 37.6. The van der Waals surface area contributed by atoms with E-state index in [0.717, 1.165) is 19.4 Å². The number of carboxylic acids is 1. The summed E-state index contributed by atoms with van der Waals surface area (Å²) in [4.78, 5) is 24.5. The fraction of sp³-hybridized carbons (Fsp3) is 0.833. The largest absolute Gasteiger partial charge is 0.481 e. The molecule has 1 unspecified atom stereocenters. The zero-order chi connectivity index (χ0) is 15.3. The number of nitrogens with zero attached hydrogens (tertiary/aromatic N) is 2. The molecular formula is C12H19F3N2O3. The molecule has 0 spiro atoms. The van der Waals surface area contributed by atoms with Crippen molar-refractivity contribution in [3.63, 3.8) is 0 Å². The molecule has 1 fully saturated rings. The van der Waals surface area contributed by atoms with Gasteiger partial charge in [0.1, 0.15) is 0 Å². The van der Waals surface area contributed by atoms with Gasteiger partial charge in [0.2, 0.25) is 0 Å². The van der Waals surface area contributed by atoms with Gasteiger partial charge in [-0.1, -0.05) is 6.92 Å². The Labute approximate surface area is 115 Å². The van der Waals surface area contributed by atoms with Gasteiger partial charge in [-0.05, 0) is 25.9 Å². The van der Waals surface area contributed by atoms with Crippen LogP contribution in [-0.4, -0.2) is 65.2 Å². The molecule has 5 nitrogen and oxygen atoms in total. The van der Waals surface area contributed by atoms with Crippen LogP contribution in [0.3, 0.4) is 0 Å². The lowest BCUT2D eigenvalue weighted by Gasteiger charge is -2.30. The highest BCUT2D eigenvalue weighted by atomic mass is 19.4. The predicted octanol–water partition coefficient (Wildman–Crippen LogP) is 1.34. The van der Waals surface area contributed by atoms with Crippen molar-refractivity contribution in [3.8, 4) is 0 Å². The molecule has 0 aromatic heterocycles. The van der Waals surface area contributed by atoms with E-state index in [0.29, 0.717) is 11.4 Å². The molecule has 0 aromatic carbocycles. The Morgan fingerprint density at radius 1 is 1.40 bits per heavy atom. The number of likely N-dealkylation sites (N-methyl/N-ethyl adjacent to an activating group) is 1. The van der Waals surface area contributed by atoms with Crippen molar-refractivity contribution < 1.29 is 27.9 Å². The Balaban J connectivity index is 2.71. The number of rotatable bonds is 6. The molecule has 0 radical (unpaired) electrons. The number of halogens is 3. The van der Waals surface area contributed by atoms with Crippen LogP contribution in [0, 0.1) is 0 Å². The predicted molar refractivity (Wildman–Crippen MR) is 65.2 cm³/mol. The molecule has 1 atom stereocenters. The maximum Gasteiger partial charge on any atom is 0.471 e. The summed E-state index contributed by atoms with van der Waals surface area (Å²) >= 11 is 0. The highest BCUT2D eigenvalue weighted by molar-refractivity contribution is 5.82. The van der Waals surface area contributed by atoms with Gasteiger partial charge in [0.25, 0.3) is 0 Å². The number of carbonyl (C=O) groups is 2. The molecule has 8 heteroatoms. The van der Waals surface area contributed by atoms with Crippen molar-refractivity contribution in [1.82, 2.24) is 9.80 Å². The lowest BCUT2D eigenvalue weighted by Crippen LogP contribution is -2.48. The number of hydrogen-bond donors (Lipinski definition) is 1. The van der Waals surface area contributed by atoms with Gasteiger partial charge in [-0.2, -0.15) is 13.2 Å². The molecular weight excluding hydrogens is 277 g/mol. The highest BCUT2D eigenvalue weighted by Crippen LogP contribution is 2.22. The van der Waals surface area contributed by atoms with Crippen molar-refractivity contribution in [3.05, 3.63) is 0 Å². The molecule has 20 heavy (non-hydrogen) atoms. The maximum absolute atomic E-state index is 12.5. The summed E-state index contributed by atoms with van der Waals surface area (Å²) in [5, 5.41) is 8.58. The van der Waals surface area contributed by atoms with Crippen LogP contribution in [0.1, 0.15) is 26.2 Å². The monoisotopic (exact) mass is 296 g/mol. The van der Waals surface area contributed by atoms with Gasteiger partial charge >= 0.3 is 18.1 Å². The highest BCUT2D eigenvalue weighted by Gasteiger charge is 2.43. The smallest absolute Gasteiger partial charge is 0.471 e. The number of carboxylic acid groups (broad SMARTS) is 1. The van der Waals surface area contributed by atoms with Crippen molar-refractivity contribution in [2.24, 2.45) is 0 Å². The second-order valence-corrected chi connectivity index (χ2v) is 4.82. The fourth-order valence-corrected chi connectivity index (χ4v) is 2.46. The summed E-state index contributed by atoms with van der Waals surface area (Å²) in [6.07, 6.45) is -3.84. The van der Waals surface area contributed by atoms with Crippen LogP contribution in [0.2, 0.25) is 0 Å². The van der Waals surface area contributed by atoms with E-state index in [2.05, 4.69) is 0 Å². The number of hydrogen-bond acceptors (Lipinski definition) is 3. The van der Waals surface area contributed by atoms with Gasteiger partial charge in [-0.15, -0.1) is 0 Å². The van der Waals surface area contributed by atoms with E-state index >= 15 is 0 Å². The molecule has 1 amide bonds. The standard InChI is InChI=1S/C12H19F3N2O3/c1-2-16-6-3-4-9(16)8-17(7-5-10(18)19)11(20)12(13,14)15/h9H,2-8H2,1H3,(H,18,19).